The summed E-state index contributed by atoms with van der Waals surface area (Å²) in [6.07, 6.45) is 1.44. The van der Waals surface area contributed by atoms with E-state index in [2.05, 4.69) is 45.3 Å². The molecule has 184 valence electrons. The molecule has 1 unspecified atom stereocenters. The number of nitrogens with zero attached hydrogens (tertiary/aromatic N) is 1. The minimum absolute atomic E-state index is 0.0430. The van der Waals surface area contributed by atoms with Crippen LogP contribution < -0.4 is 10.2 Å². The monoisotopic (exact) mass is 468 g/mol. The Hall–Kier alpha value is -2.61. The number of carbonyl (C=O) groups excluding carboxylic acids is 1. The average Bonchev–Trinajstić information content (AvgIpc) is 2.81. The highest BCUT2D eigenvalue weighted by Crippen LogP contribution is 2.46. The number of morpholine rings is 1. The van der Waals surface area contributed by atoms with Crippen molar-refractivity contribution in [1.29, 1.82) is 0 Å². The van der Waals surface area contributed by atoms with Crippen LogP contribution in [0.2, 0.25) is 0 Å². The fourth-order valence-electron chi connectivity index (χ4n) is 4.76. The number of benzene rings is 2. The van der Waals surface area contributed by atoms with Gasteiger partial charge >= 0.3 is 0 Å². The maximum Gasteiger partial charge on any atom is 0.269 e. The van der Waals surface area contributed by atoms with Crippen molar-refractivity contribution in [2.24, 2.45) is 0 Å². The summed E-state index contributed by atoms with van der Waals surface area (Å²) < 4.78 is 11.0. The van der Waals surface area contributed by atoms with Crippen molar-refractivity contribution < 1.29 is 24.5 Å². The lowest BCUT2D eigenvalue weighted by Gasteiger charge is -2.42. The zero-order valence-corrected chi connectivity index (χ0v) is 20.6. The van der Waals surface area contributed by atoms with E-state index in [1.54, 1.807) is 11.1 Å². The molecule has 0 saturated carbocycles. The molecule has 1 atom stereocenters. The van der Waals surface area contributed by atoms with Crippen LogP contribution >= 0.6 is 0 Å². The molecule has 1 fully saturated rings. The van der Waals surface area contributed by atoms with Crippen LogP contribution in [0.4, 0.5) is 0 Å². The van der Waals surface area contributed by atoms with Crippen LogP contribution in [0.5, 0.6) is 11.5 Å². The molecule has 7 nitrogen and oxygen atoms in total. The van der Waals surface area contributed by atoms with Gasteiger partial charge in [-0.3, -0.25) is 10.2 Å². The summed E-state index contributed by atoms with van der Waals surface area (Å²) in [6, 6.07) is 10.8. The van der Waals surface area contributed by atoms with Crippen LogP contribution in [0.1, 0.15) is 73.7 Å². The molecule has 7 heteroatoms. The van der Waals surface area contributed by atoms with E-state index in [-0.39, 0.29) is 34.7 Å². The largest absolute Gasteiger partial charge is 0.507 e. The summed E-state index contributed by atoms with van der Waals surface area (Å²) in [5.74, 6) is -0.167. The second-order valence-electron chi connectivity index (χ2n) is 10.6. The number of phenols is 1. The molecular formula is C27H36N2O5. The zero-order valence-electron chi connectivity index (χ0n) is 20.6. The fourth-order valence-corrected chi connectivity index (χ4v) is 4.76. The molecule has 1 amide bonds. The highest BCUT2D eigenvalue weighted by Gasteiger charge is 2.37. The number of rotatable bonds is 6. The van der Waals surface area contributed by atoms with E-state index in [9.17, 15) is 15.0 Å². The minimum Gasteiger partial charge on any atom is -0.507 e. The number of amides is 1. The topological polar surface area (TPSA) is 91.3 Å². The van der Waals surface area contributed by atoms with Crippen LogP contribution in [0.15, 0.2) is 36.4 Å². The zero-order chi connectivity index (χ0) is 24.5. The number of hydrogen-bond donors (Lipinski definition) is 3. The second kappa shape index (κ2) is 9.56. The number of aliphatic hydroxyl groups excluding tert-OH is 1. The number of carbonyl (C=O) groups is 1. The van der Waals surface area contributed by atoms with E-state index >= 15 is 0 Å². The third kappa shape index (κ3) is 5.22. The minimum atomic E-state index is -0.808. The van der Waals surface area contributed by atoms with Gasteiger partial charge in [0, 0.05) is 19.2 Å². The van der Waals surface area contributed by atoms with Crippen LogP contribution in [0.25, 0.3) is 0 Å². The van der Waals surface area contributed by atoms with Gasteiger partial charge in [0.1, 0.15) is 24.2 Å². The van der Waals surface area contributed by atoms with E-state index in [1.165, 1.54) is 23.3 Å². The molecule has 4 rings (SSSR count). The van der Waals surface area contributed by atoms with Crippen molar-refractivity contribution in [1.82, 2.24) is 10.4 Å². The van der Waals surface area contributed by atoms with Gasteiger partial charge in [-0.25, -0.2) is 5.01 Å². The Morgan fingerprint density at radius 3 is 2.41 bits per heavy atom. The normalized spacial score (nSPS) is 20.3. The summed E-state index contributed by atoms with van der Waals surface area (Å²) >= 11 is 0. The number of aromatic hydroxyl groups is 1. The first-order valence-electron chi connectivity index (χ1n) is 12.0. The molecule has 34 heavy (non-hydrogen) atoms. The van der Waals surface area contributed by atoms with Crippen LogP contribution in [-0.4, -0.2) is 54.0 Å². The highest BCUT2D eigenvalue weighted by atomic mass is 16.5. The van der Waals surface area contributed by atoms with E-state index in [1.807, 2.05) is 6.07 Å². The smallest absolute Gasteiger partial charge is 0.269 e. The fraction of sp³-hybridized carbons (Fsp3) is 0.519. The van der Waals surface area contributed by atoms with Gasteiger partial charge in [-0.2, -0.15) is 0 Å². The van der Waals surface area contributed by atoms with Crippen LogP contribution in [-0.2, 0) is 15.6 Å². The third-order valence-corrected chi connectivity index (χ3v) is 7.15. The van der Waals surface area contributed by atoms with Gasteiger partial charge < -0.3 is 19.7 Å². The number of hydrazine groups is 1. The maximum absolute atomic E-state index is 12.5. The van der Waals surface area contributed by atoms with Crippen molar-refractivity contribution >= 4 is 5.91 Å². The Kier molecular flexibility index (Phi) is 6.90. The Morgan fingerprint density at radius 1 is 1.06 bits per heavy atom. The van der Waals surface area contributed by atoms with Gasteiger partial charge in [-0.15, -0.1) is 0 Å². The van der Waals surface area contributed by atoms with Crippen molar-refractivity contribution in [2.45, 2.75) is 57.5 Å². The molecule has 2 aromatic rings. The number of phenolic OH excluding ortho intramolecular Hbond substituents is 1. The molecule has 2 aromatic carbocycles. The average molecular weight is 469 g/mol. The second-order valence-corrected chi connectivity index (χ2v) is 10.6. The number of aliphatic hydroxyl groups is 1. The van der Waals surface area contributed by atoms with E-state index in [0.29, 0.717) is 32.1 Å². The van der Waals surface area contributed by atoms with Crippen molar-refractivity contribution in [2.75, 3.05) is 32.9 Å². The number of nitrogens with one attached hydrogen (secondary N) is 1. The SMILES string of the molecule is CC1(C)CCC(C)(C)c2cc(C(O)COc3ccc(C(=O)NN4CCOCC4)c(O)c3)ccc21. The highest BCUT2D eigenvalue weighted by molar-refractivity contribution is 5.96. The van der Waals surface area contributed by atoms with Gasteiger partial charge in [0.25, 0.3) is 5.91 Å². The molecule has 1 aliphatic heterocycles. The number of ether oxygens (including phenoxy) is 2. The quantitative estimate of drug-likeness (QED) is 0.597. The molecule has 1 aliphatic carbocycles. The van der Waals surface area contributed by atoms with Gasteiger partial charge in [0.15, 0.2) is 0 Å². The van der Waals surface area contributed by atoms with Gasteiger partial charge in [0.2, 0.25) is 0 Å². The summed E-state index contributed by atoms with van der Waals surface area (Å²) in [7, 11) is 0. The van der Waals surface area contributed by atoms with E-state index in [4.69, 9.17) is 9.47 Å². The van der Waals surface area contributed by atoms with Gasteiger partial charge in [-0.1, -0.05) is 45.9 Å². The van der Waals surface area contributed by atoms with E-state index in [0.717, 1.165) is 18.4 Å². The molecule has 1 heterocycles. The molecular weight excluding hydrogens is 432 g/mol. The lowest BCUT2D eigenvalue weighted by atomic mass is 9.63. The Labute approximate surface area is 201 Å². The molecule has 0 radical (unpaired) electrons. The Bertz CT molecular complexity index is 1040. The first kappa shape index (κ1) is 24.5. The van der Waals surface area contributed by atoms with Crippen molar-refractivity contribution in [3.8, 4) is 11.5 Å². The molecule has 0 bridgehead atoms. The Morgan fingerprint density at radius 2 is 1.74 bits per heavy atom. The van der Waals surface area contributed by atoms with Crippen LogP contribution in [0, 0.1) is 0 Å². The molecule has 0 spiro atoms. The lowest BCUT2D eigenvalue weighted by Crippen LogP contribution is -2.48. The molecule has 1 saturated heterocycles. The maximum atomic E-state index is 12.5. The van der Waals surface area contributed by atoms with Crippen molar-refractivity contribution in [3.63, 3.8) is 0 Å². The number of fused-ring (bicyclic) bond motifs is 1. The first-order chi connectivity index (χ1) is 16.1. The van der Waals surface area contributed by atoms with Gasteiger partial charge in [0.05, 0.1) is 18.8 Å². The van der Waals surface area contributed by atoms with E-state index < -0.39 is 6.10 Å². The predicted molar refractivity (Wildman–Crippen MR) is 130 cm³/mol. The summed E-state index contributed by atoms with van der Waals surface area (Å²) in [5.41, 5.74) is 6.57. The van der Waals surface area contributed by atoms with Crippen LogP contribution in [0.3, 0.4) is 0 Å². The standard InChI is InChI=1S/C27H36N2O5/c1-26(2)9-10-27(3,4)22-15-18(5-8-21(22)26)24(31)17-34-19-6-7-20(23(30)16-19)25(32)28-29-11-13-33-14-12-29/h5-8,15-16,24,30-31H,9-14,17H2,1-4H3,(H,28,32). The summed E-state index contributed by atoms with van der Waals surface area (Å²) in [4.78, 5) is 12.5. The summed E-state index contributed by atoms with van der Waals surface area (Å²) in [5, 5.41) is 22.9. The van der Waals surface area contributed by atoms with Crippen molar-refractivity contribution in [3.05, 3.63) is 58.7 Å². The summed E-state index contributed by atoms with van der Waals surface area (Å²) in [6.45, 7) is 11.4. The molecule has 2 aliphatic rings. The lowest BCUT2D eigenvalue weighted by molar-refractivity contribution is 0.0125. The molecule has 3 N–H and O–H groups in total. The Balaban J connectivity index is 1.41. The number of hydrogen-bond acceptors (Lipinski definition) is 6. The van der Waals surface area contributed by atoms with Gasteiger partial charge in [-0.05, 0) is 52.5 Å². The molecule has 0 aromatic heterocycles. The third-order valence-electron chi connectivity index (χ3n) is 7.15. The first-order valence-corrected chi connectivity index (χ1v) is 12.0. The predicted octanol–water partition coefficient (Wildman–Crippen LogP) is 3.83.